The molecular weight excluding hydrogens is 405 g/mol. The summed E-state index contributed by atoms with van der Waals surface area (Å²) in [4.78, 5) is 13.0. The monoisotopic (exact) mass is 427 g/mol. The third-order valence-corrected chi connectivity index (χ3v) is 5.53. The van der Waals surface area contributed by atoms with Crippen LogP contribution in [0, 0.1) is 5.82 Å². The second-order valence-electron chi connectivity index (χ2n) is 7.63. The Labute approximate surface area is 177 Å². The summed E-state index contributed by atoms with van der Waals surface area (Å²) in [6.45, 7) is 1.30. The third-order valence-electron chi connectivity index (χ3n) is 5.53. The molecule has 31 heavy (non-hydrogen) atoms. The van der Waals surface area contributed by atoms with Gasteiger partial charge >= 0.3 is 0 Å². The minimum absolute atomic E-state index is 0.152. The number of anilines is 1. The lowest BCUT2D eigenvalue weighted by atomic mass is 10.1. The van der Waals surface area contributed by atoms with Crippen molar-refractivity contribution in [3.8, 4) is 0 Å². The van der Waals surface area contributed by atoms with E-state index >= 15 is 0 Å². The molecule has 1 aromatic carbocycles. The number of hydrogen-bond donors (Lipinski definition) is 3. The smallest absolute Gasteiger partial charge is 0.167 e. The maximum Gasteiger partial charge on any atom is 0.167 e. The minimum atomic E-state index is -1.19. The molecule has 2 aromatic heterocycles. The largest absolute Gasteiger partial charge is 0.387 e. The number of aliphatic hydroxyl groups excluding tert-OH is 2. The van der Waals surface area contributed by atoms with E-state index < -0.39 is 24.5 Å². The van der Waals surface area contributed by atoms with E-state index in [2.05, 4.69) is 20.3 Å². The molecule has 10 heteroatoms. The van der Waals surface area contributed by atoms with E-state index in [1.54, 1.807) is 28.9 Å². The van der Waals surface area contributed by atoms with Gasteiger partial charge in [0, 0.05) is 6.61 Å². The second-order valence-corrected chi connectivity index (χ2v) is 7.63. The first-order chi connectivity index (χ1) is 15.1. The molecule has 2 aliphatic rings. The summed E-state index contributed by atoms with van der Waals surface area (Å²) in [5.74, 6) is 0.258. The van der Waals surface area contributed by atoms with Crippen LogP contribution in [0.2, 0.25) is 0 Å². The van der Waals surface area contributed by atoms with Gasteiger partial charge in [-0.2, -0.15) is 0 Å². The number of benzene rings is 1. The van der Waals surface area contributed by atoms with E-state index in [4.69, 9.17) is 9.47 Å². The average Bonchev–Trinajstić information content (AvgIpc) is 3.50. The summed E-state index contributed by atoms with van der Waals surface area (Å²) in [6.07, 6.45) is 3.21. The molecule has 5 atom stereocenters. The summed E-state index contributed by atoms with van der Waals surface area (Å²) in [5, 5.41) is 24.4. The highest BCUT2D eigenvalue weighted by Crippen LogP contribution is 2.33. The molecule has 1 unspecified atom stereocenters. The van der Waals surface area contributed by atoms with Crippen LogP contribution in [0.3, 0.4) is 0 Å². The van der Waals surface area contributed by atoms with Crippen molar-refractivity contribution >= 4 is 23.1 Å². The van der Waals surface area contributed by atoms with E-state index in [0.29, 0.717) is 30.2 Å². The first-order valence-electron chi connectivity index (χ1n) is 10.1. The summed E-state index contributed by atoms with van der Waals surface area (Å²) >= 11 is 0. The van der Waals surface area contributed by atoms with Crippen molar-refractivity contribution in [3.05, 3.63) is 54.4 Å². The summed E-state index contributed by atoms with van der Waals surface area (Å²) in [7, 11) is 0. The fourth-order valence-electron chi connectivity index (χ4n) is 3.84. The Kier molecular flexibility index (Phi) is 5.36. The highest BCUT2D eigenvalue weighted by atomic mass is 19.1. The van der Waals surface area contributed by atoms with Gasteiger partial charge in [0.15, 0.2) is 23.2 Å². The van der Waals surface area contributed by atoms with Gasteiger partial charge in [-0.1, -0.05) is 24.3 Å². The molecule has 3 aromatic rings. The number of imidazole rings is 1. The summed E-state index contributed by atoms with van der Waals surface area (Å²) < 4.78 is 26.0. The van der Waals surface area contributed by atoms with Gasteiger partial charge in [0.2, 0.25) is 0 Å². The molecule has 9 nitrogen and oxygen atoms in total. The van der Waals surface area contributed by atoms with E-state index in [-0.39, 0.29) is 11.9 Å². The number of halogens is 1. The van der Waals surface area contributed by atoms with Crippen LogP contribution < -0.4 is 5.32 Å². The predicted octanol–water partition coefficient (Wildman–Crippen LogP) is 1.50. The lowest BCUT2D eigenvalue weighted by Gasteiger charge is -2.16. The van der Waals surface area contributed by atoms with Gasteiger partial charge in [0.05, 0.1) is 19.0 Å². The topological polar surface area (TPSA) is 115 Å². The fraction of sp³-hybridized carbons (Fsp3) is 0.381. The van der Waals surface area contributed by atoms with Crippen LogP contribution >= 0.6 is 0 Å². The lowest BCUT2D eigenvalue weighted by molar-refractivity contribution is -0.0243. The van der Waals surface area contributed by atoms with Gasteiger partial charge in [0.25, 0.3) is 0 Å². The number of ether oxygens (including phenoxy) is 2. The van der Waals surface area contributed by atoms with Crippen molar-refractivity contribution in [2.24, 2.45) is 0 Å². The molecule has 3 N–H and O–H groups in total. The molecule has 0 bridgehead atoms. The van der Waals surface area contributed by atoms with E-state index in [1.807, 2.05) is 0 Å². The molecular formula is C21H22FN5O4. The normalized spacial score (nSPS) is 28.7. The zero-order valence-corrected chi connectivity index (χ0v) is 16.5. The van der Waals surface area contributed by atoms with Gasteiger partial charge in [-0.25, -0.2) is 19.3 Å². The molecule has 5 rings (SSSR count). The lowest BCUT2D eigenvalue weighted by Crippen LogP contribution is -2.30. The number of aliphatic hydroxyl groups is 2. The quantitative estimate of drug-likeness (QED) is 0.561. The third kappa shape index (κ3) is 3.90. The molecule has 4 heterocycles. The van der Waals surface area contributed by atoms with Gasteiger partial charge in [0.1, 0.15) is 30.5 Å². The summed E-state index contributed by atoms with van der Waals surface area (Å²) in [6, 6.07) is 6.09. The van der Waals surface area contributed by atoms with E-state index in [0.717, 1.165) is 12.0 Å². The summed E-state index contributed by atoms with van der Waals surface area (Å²) in [5.41, 5.74) is 1.78. The Morgan fingerprint density at radius 2 is 1.97 bits per heavy atom. The molecule has 0 amide bonds. The molecule has 0 saturated carbocycles. The van der Waals surface area contributed by atoms with Crippen molar-refractivity contribution in [3.63, 3.8) is 0 Å². The number of hydrogen-bond acceptors (Lipinski definition) is 8. The standard InChI is InChI=1S/C21H22FN5O4/c22-13-4-1-12(2-5-13)3-6-15-17(28)18(29)21(31-15)27-11-25-16-19(23-10-24-20(16)27)26-14-7-8-30-9-14/h1-6,10-11,14-15,17-18,21,28-29H,7-9H2,(H,23,24,26)/t14?,15-,17-,18-,21-/m1/s1. The zero-order valence-electron chi connectivity index (χ0n) is 16.5. The Morgan fingerprint density at radius 1 is 1.13 bits per heavy atom. The molecule has 2 saturated heterocycles. The number of aromatic nitrogens is 4. The van der Waals surface area contributed by atoms with Crippen LogP contribution in [0.1, 0.15) is 18.2 Å². The van der Waals surface area contributed by atoms with Crippen LogP contribution in [0.4, 0.5) is 10.2 Å². The van der Waals surface area contributed by atoms with Crippen LogP contribution in [0.15, 0.2) is 43.0 Å². The number of rotatable bonds is 5. The molecule has 0 radical (unpaired) electrons. The van der Waals surface area contributed by atoms with Gasteiger partial charge < -0.3 is 25.0 Å². The van der Waals surface area contributed by atoms with Crippen molar-refractivity contribution in [2.45, 2.75) is 37.0 Å². The van der Waals surface area contributed by atoms with E-state index in [1.165, 1.54) is 24.8 Å². The first-order valence-corrected chi connectivity index (χ1v) is 10.1. The highest BCUT2D eigenvalue weighted by molar-refractivity contribution is 5.82. The Bertz CT molecular complexity index is 1080. The number of fused-ring (bicyclic) bond motifs is 1. The van der Waals surface area contributed by atoms with Gasteiger partial charge in [-0.3, -0.25) is 4.57 Å². The van der Waals surface area contributed by atoms with Gasteiger partial charge in [-0.05, 0) is 24.1 Å². The predicted molar refractivity (Wildman–Crippen MR) is 110 cm³/mol. The van der Waals surface area contributed by atoms with Crippen molar-refractivity contribution in [2.75, 3.05) is 18.5 Å². The first kappa shape index (κ1) is 20.0. The average molecular weight is 427 g/mol. The van der Waals surface area contributed by atoms with Gasteiger partial charge in [-0.15, -0.1) is 0 Å². The maximum absolute atomic E-state index is 13.1. The molecule has 2 fully saturated rings. The number of nitrogens with one attached hydrogen (secondary N) is 1. The highest BCUT2D eigenvalue weighted by Gasteiger charge is 2.43. The van der Waals surface area contributed by atoms with E-state index in [9.17, 15) is 14.6 Å². The van der Waals surface area contributed by atoms with Crippen molar-refractivity contribution < 1.29 is 24.1 Å². The Morgan fingerprint density at radius 3 is 2.74 bits per heavy atom. The minimum Gasteiger partial charge on any atom is -0.387 e. The zero-order chi connectivity index (χ0) is 21.4. The van der Waals surface area contributed by atoms with Crippen LogP contribution in [0.5, 0.6) is 0 Å². The molecule has 2 aliphatic heterocycles. The molecule has 0 spiro atoms. The van der Waals surface area contributed by atoms with Crippen molar-refractivity contribution in [1.29, 1.82) is 0 Å². The molecule has 162 valence electrons. The second kappa shape index (κ2) is 8.31. The van der Waals surface area contributed by atoms with Crippen LogP contribution in [-0.4, -0.2) is 67.3 Å². The Hall–Kier alpha value is -2.92. The SMILES string of the molecule is O[C@@H]1[C@H](O)[C@@H](C=Cc2ccc(F)cc2)O[C@H]1n1cnc2c(NC3CCOC3)ncnc21. The van der Waals surface area contributed by atoms with Crippen LogP contribution in [-0.2, 0) is 9.47 Å². The maximum atomic E-state index is 13.1. The van der Waals surface area contributed by atoms with Crippen molar-refractivity contribution in [1.82, 2.24) is 19.5 Å². The number of nitrogens with zero attached hydrogens (tertiary/aromatic N) is 4. The van der Waals surface area contributed by atoms with Crippen LogP contribution in [0.25, 0.3) is 17.2 Å². The fourth-order valence-corrected chi connectivity index (χ4v) is 3.84. The Balaban J connectivity index is 1.37. The molecule has 0 aliphatic carbocycles.